The zero-order valence-electron chi connectivity index (χ0n) is 12.9. The highest BCUT2D eigenvalue weighted by Crippen LogP contribution is 2.24. The summed E-state index contributed by atoms with van der Waals surface area (Å²) >= 11 is 6.05. The average Bonchev–Trinajstić information content (AvgIpc) is 2.80. The third-order valence-electron chi connectivity index (χ3n) is 3.71. The predicted molar refractivity (Wildman–Crippen MR) is 87.3 cm³/mol. The largest absolute Gasteiger partial charge is 0.329 e. The van der Waals surface area contributed by atoms with Gasteiger partial charge in [0.2, 0.25) is 0 Å². The van der Waals surface area contributed by atoms with Gasteiger partial charge in [-0.2, -0.15) is 5.10 Å². The Kier molecular flexibility index (Phi) is 5.39. The molecule has 1 aromatic carbocycles. The molecular formula is C16H23ClN4. The molecule has 0 radical (unpaired) electrons. The van der Waals surface area contributed by atoms with Gasteiger partial charge in [-0.3, -0.25) is 9.58 Å². The fourth-order valence-electron chi connectivity index (χ4n) is 2.68. The van der Waals surface area contributed by atoms with E-state index in [0.717, 1.165) is 23.7 Å². The molecule has 1 atom stereocenters. The standard InChI is InChI=1S/C16H23ClN4/c1-4-15-14(11-21(3)19-15)16(9-18)20(2)10-12-6-5-7-13(17)8-12/h5-8,11,16H,4,9-10,18H2,1-3H3. The Hall–Kier alpha value is -1.36. The van der Waals surface area contributed by atoms with E-state index in [1.165, 1.54) is 11.1 Å². The Morgan fingerprint density at radius 1 is 1.43 bits per heavy atom. The molecule has 2 rings (SSSR count). The highest BCUT2D eigenvalue weighted by atomic mass is 35.5. The highest BCUT2D eigenvalue weighted by molar-refractivity contribution is 6.30. The Morgan fingerprint density at radius 2 is 2.19 bits per heavy atom. The van der Waals surface area contributed by atoms with Crippen LogP contribution in [0.1, 0.15) is 29.8 Å². The quantitative estimate of drug-likeness (QED) is 0.892. The summed E-state index contributed by atoms with van der Waals surface area (Å²) in [4.78, 5) is 2.25. The van der Waals surface area contributed by atoms with E-state index in [2.05, 4.69) is 36.2 Å². The summed E-state index contributed by atoms with van der Waals surface area (Å²) in [7, 11) is 4.04. The molecule has 1 unspecified atom stereocenters. The Balaban J connectivity index is 2.20. The predicted octanol–water partition coefficient (Wildman–Crippen LogP) is 2.77. The highest BCUT2D eigenvalue weighted by Gasteiger charge is 2.20. The van der Waals surface area contributed by atoms with E-state index in [1.807, 2.05) is 29.9 Å². The molecule has 5 heteroatoms. The Labute approximate surface area is 131 Å². The van der Waals surface area contributed by atoms with E-state index in [0.29, 0.717) is 6.54 Å². The summed E-state index contributed by atoms with van der Waals surface area (Å²) in [6.07, 6.45) is 2.99. The molecule has 4 nitrogen and oxygen atoms in total. The number of aromatic nitrogens is 2. The molecule has 0 spiro atoms. The molecule has 0 aliphatic heterocycles. The Morgan fingerprint density at radius 3 is 2.81 bits per heavy atom. The zero-order chi connectivity index (χ0) is 15.4. The number of benzene rings is 1. The monoisotopic (exact) mass is 306 g/mol. The van der Waals surface area contributed by atoms with Crippen molar-refractivity contribution in [2.75, 3.05) is 13.6 Å². The third kappa shape index (κ3) is 3.84. The second-order valence-electron chi connectivity index (χ2n) is 5.35. The van der Waals surface area contributed by atoms with Gasteiger partial charge in [-0.05, 0) is 31.2 Å². The number of likely N-dealkylation sites (N-methyl/N-ethyl adjacent to an activating group) is 1. The maximum absolute atomic E-state index is 6.05. The van der Waals surface area contributed by atoms with Crippen molar-refractivity contribution in [1.29, 1.82) is 0 Å². The van der Waals surface area contributed by atoms with Crippen LogP contribution in [0.4, 0.5) is 0 Å². The van der Waals surface area contributed by atoms with Gasteiger partial charge in [0.15, 0.2) is 0 Å². The van der Waals surface area contributed by atoms with Crippen LogP contribution in [0.25, 0.3) is 0 Å². The van der Waals surface area contributed by atoms with Crippen LogP contribution in [-0.2, 0) is 20.0 Å². The van der Waals surface area contributed by atoms with Gasteiger partial charge in [0.1, 0.15) is 0 Å². The zero-order valence-corrected chi connectivity index (χ0v) is 13.6. The van der Waals surface area contributed by atoms with Crippen LogP contribution < -0.4 is 5.73 Å². The van der Waals surface area contributed by atoms with Crippen molar-refractivity contribution in [2.45, 2.75) is 25.9 Å². The first kappa shape index (κ1) is 16.0. The van der Waals surface area contributed by atoms with Gasteiger partial charge in [0, 0.05) is 36.9 Å². The minimum Gasteiger partial charge on any atom is -0.329 e. The van der Waals surface area contributed by atoms with Crippen LogP contribution in [-0.4, -0.2) is 28.3 Å². The maximum Gasteiger partial charge on any atom is 0.0670 e. The summed E-state index contributed by atoms with van der Waals surface area (Å²) in [5.41, 5.74) is 9.53. The van der Waals surface area contributed by atoms with Crippen molar-refractivity contribution < 1.29 is 0 Å². The molecule has 1 aromatic heterocycles. The van der Waals surface area contributed by atoms with Crippen LogP contribution in [0.15, 0.2) is 30.5 Å². The second-order valence-corrected chi connectivity index (χ2v) is 5.79. The molecule has 0 aliphatic carbocycles. The SMILES string of the molecule is CCc1nn(C)cc1C(CN)N(C)Cc1cccc(Cl)c1. The van der Waals surface area contributed by atoms with Crippen molar-refractivity contribution in [3.63, 3.8) is 0 Å². The second kappa shape index (κ2) is 7.07. The normalized spacial score (nSPS) is 12.9. The number of nitrogens with two attached hydrogens (primary N) is 1. The van der Waals surface area contributed by atoms with E-state index >= 15 is 0 Å². The molecule has 0 saturated carbocycles. The smallest absolute Gasteiger partial charge is 0.0670 e. The van der Waals surface area contributed by atoms with Gasteiger partial charge in [0.05, 0.1) is 11.7 Å². The van der Waals surface area contributed by atoms with Crippen molar-refractivity contribution in [3.05, 3.63) is 52.3 Å². The van der Waals surface area contributed by atoms with Crippen molar-refractivity contribution in [3.8, 4) is 0 Å². The molecule has 114 valence electrons. The van der Waals surface area contributed by atoms with Gasteiger partial charge in [0.25, 0.3) is 0 Å². The molecule has 2 N–H and O–H groups in total. The van der Waals surface area contributed by atoms with Gasteiger partial charge >= 0.3 is 0 Å². The molecule has 0 amide bonds. The number of nitrogens with zero attached hydrogens (tertiary/aromatic N) is 3. The van der Waals surface area contributed by atoms with Crippen LogP contribution in [0.2, 0.25) is 5.02 Å². The molecule has 21 heavy (non-hydrogen) atoms. The Bertz CT molecular complexity index is 594. The summed E-state index contributed by atoms with van der Waals surface area (Å²) in [5.74, 6) is 0. The fourth-order valence-corrected chi connectivity index (χ4v) is 2.90. The summed E-state index contributed by atoms with van der Waals surface area (Å²) in [6.45, 7) is 3.49. The molecule has 1 heterocycles. The molecule has 0 bridgehead atoms. The van der Waals surface area contributed by atoms with Crippen molar-refractivity contribution >= 4 is 11.6 Å². The average molecular weight is 307 g/mol. The summed E-state index contributed by atoms with van der Waals surface area (Å²) in [6, 6.07) is 8.11. The maximum atomic E-state index is 6.05. The van der Waals surface area contributed by atoms with Crippen LogP contribution in [0.3, 0.4) is 0 Å². The van der Waals surface area contributed by atoms with E-state index in [-0.39, 0.29) is 6.04 Å². The number of halogens is 1. The van der Waals surface area contributed by atoms with Gasteiger partial charge < -0.3 is 5.73 Å². The molecule has 2 aromatic rings. The van der Waals surface area contributed by atoms with Crippen molar-refractivity contribution in [1.82, 2.24) is 14.7 Å². The van der Waals surface area contributed by atoms with E-state index in [4.69, 9.17) is 17.3 Å². The van der Waals surface area contributed by atoms with Crippen LogP contribution in [0, 0.1) is 0 Å². The minimum absolute atomic E-state index is 0.160. The third-order valence-corrected chi connectivity index (χ3v) is 3.94. The topological polar surface area (TPSA) is 47.1 Å². The molecule has 0 fully saturated rings. The summed E-state index contributed by atoms with van der Waals surface area (Å²) < 4.78 is 1.87. The van der Waals surface area contributed by atoms with Crippen LogP contribution in [0.5, 0.6) is 0 Å². The van der Waals surface area contributed by atoms with Crippen molar-refractivity contribution in [2.24, 2.45) is 12.8 Å². The first-order valence-corrected chi connectivity index (χ1v) is 7.60. The molecule has 0 saturated heterocycles. The van der Waals surface area contributed by atoms with Gasteiger partial charge in [-0.25, -0.2) is 0 Å². The lowest BCUT2D eigenvalue weighted by Gasteiger charge is -2.27. The van der Waals surface area contributed by atoms with Gasteiger partial charge in [-0.15, -0.1) is 0 Å². The number of hydrogen-bond donors (Lipinski definition) is 1. The van der Waals surface area contributed by atoms with E-state index in [9.17, 15) is 0 Å². The lowest BCUT2D eigenvalue weighted by molar-refractivity contribution is 0.241. The first-order chi connectivity index (χ1) is 10.0. The molecule has 0 aliphatic rings. The lowest BCUT2D eigenvalue weighted by atomic mass is 10.0. The number of rotatable bonds is 6. The number of aryl methyl sites for hydroxylation is 2. The van der Waals surface area contributed by atoms with E-state index in [1.54, 1.807) is 0 Å². The lowest BCUT2D eigenvalue weighted by Crippen LogP contribution is -2.30. The van der Waals surface area contributed by atoms with Crippen LogP contribution >= 0.6 is 11.6 Å². The van der Waals surface area contributed by atoms with Gasteiger partial charge in [-0.1, -0.05) is 30.7 Å². The minimum atomic E-state index is 0.160. The molecular weight excluding hydrogens is 284 g/mol. The number of hydrogen-bond acceptors (Lipinski definition) is 3. The summed E-state index contributed by atoms with van der Waals surface area (Å²) in [5, 5.41) is 5.28. The fraction of sp³-hybridized carbons (Fsp3) is 0.438. The van der Waals surface area contributed by atoms with E-state index < -0.39 is 0 Å². The first-order valence-electron chi connectivity index (χ1n) is 7.22.